The van der Waals surface area contributed by atoms with Gasteiger partial charge in [-0.05, 0) is 0 Å². The molecule has 48 heavy (non-hydrogen) atoms. The first-order valence-electron chi connectivity index (χ1n) is 19.0. The first-order chi connectivity index (χ1) is 21.8. The van der Waals surface area contributed by atoms with E-state index in [4.69, 9.17) is 0 Å². The van der Waals surface area contributed by atoms with Gasteiger partial charge >= 0.3 is 302 Å². The molecule has 258 valence electrons. The van der Waals surface area contributed by atoms with Gasteiger partial charge in [0, 0.05) is 18.9 Å². The molecule has 0 saturated carbocycles. The average Bonchev–Trinajstić information content (AvgIpc) is 2.97. The van der Waals surface area contributed by atoms with Gasteiger partial charge in [-0.1, -0.05) is 0 Å². The van der Waals surface area contributed by atoms with Crippen molar-refractivity contribution in [1.29, 1.82) is 0 Å². The zero-order valence-electron chi connectivity index (χ0n) is 34.7. The summed E-state index contributed by atoms with van der Waals surface area (Å²) in [6.45, 7) is 43.8. The first kappa shape index (κ1) is 43.5. The second-order valence-corrected chi connectivity index (χ2v) is 30.5. The summed E-state index contributed by atoms with van der Waals surface area (Å²) in [6, 6.07) is 15.8. The molecule has 0 heterocycles. The Labute approximate surface area is 318 Å². The van der Waals surface area contributed by atoms with E-state index < -0.39 is 24.8 Å². The average molecular weight is 762 g/mol. The van der Waals surface area contributed by atoms with Crippen LogP contribution in [0.1, 0.15) is 228 Å². The molecule has 3 heteroatoms. The second kappa shape index (κ2) is 18.2. The zero-order valence-corrected chi connectivity index (χ0v) is 38.9. The first-order valence-corrected chi connectivity index (χ1v) is 28.6. The maximum absolute atomic E-state index is 2.65. The van der Waals surface area contributed by atoms with Crippen molar-refractivity contribution in [2.75, 3.05) is 0 Å². The summed E-state index contributed by atoms with van der Waals surface area (Å²) in [5.41, 5.74) is 14.5. The van der Waals surface area contributed by atoms with Crippen LogP contribution in [0.5, 0.6) is 0 Å². The third-order valence-electron chi connectivity index (χ3n) is 10.1. The molecule has 0 spiro atoms. The maximum Gasteiger partial charge on any atom is 0 e. The topological polar surface area (TPSA) is 0 Å². The van der Waals surface area contributed by atoms with Crippen LogP contribution in [0.2, 0.25) is 0 Å². The van der Waals surface area contributed by atoms with Gasteiger partial charge < -0.3 is 0 Å². The molecule has 0 bridgehead atoms. The van der Waals surface area contributed by atoms with Crippen LogP contribution in [-0.4, -0.2) is 43.6 Å². The Morgan fingerprint density at radius 1 is 0.333 bits per heavy atom. The van der Waals surface area contributed by atoms with Crippen LogP contribution in [-0.2, 0) is 0 Å². The van der Waals surface area contributed by atoms with E-state index in [-0.39, 0.29) is 18.9 Å². The molecule has 2 radical (unpaired) electrons. The van der Waals surface area contributed by atoms with Crippen molar-refractivity contribution < 1.29 is 0 Å². The van der Waals surface area contributed by atoms with E-state index in [1.807, 2.05) is 8.79 Å². The smallest absolute Gasteiger partial charge is 0 e. The summed E-state index contributed by atoms with van der Waals surface area (Å²) in [5, 5.41) is 0. The van der Waals surface area contributed by atoms with Gasteiger partial charge in [0.25, 0.3) is 0 Å². The van der Waals surface area contributed by atoms with Crippen molar-refractivity contribution in [2.45, 2.75) is 178 Å². The molecule has 0 aromatic heterocycles. The minimum absolute atomic E-state index is 0. The summed E-state index contributed by atoms with van der Waals surface area (Å²) < 4.78 is 5.46. The van der Waals surface area contributed by atoms with E-state index in [9.17, 15) is 0 Å². The van der Waals surface area contributed by atoms with E-state index in [1.165, 1.54) is 16.7 Å². The molecule has 0 aliphatic rings. The van der Waals surface area contributed by atoms with Gasteiger partial charge in [-0.25, -0.2) is 0 Å². The Balaban J connectivity index is 0.00000800. The van der Waals surface area contributed by atoms with Crippen molar-refractivity contribution in [1.82, 2.24) is 0 Å². The Kier molecular flexibility index (Phi) is 16.5. The molecule has 0 fully saturated rings. The summed E-state index contributed by atoms with van der Waals surface area (Å²) in [7, 11) is 0. The predicted octanol–water partition coefficient (Wildman–Crippen LogP) is 11.6. The van der Waals surface area contributed by atoms with Crippen LogP contribution in [0, 0.1) is 0 Å². The molecule has 0 nitrogen and oxygen atoms in total. The Bertz CT molecular complexity index is 1400. The van der Waals surface area contributed by atoms with Crippen LogP contribution in [0.15, 0.2) is 36.4 Å². The van der Waals surface area contributed by atoms with Crippen LogP contribution in [0.4, 0.5) is 0 Å². The molecule has 3 aromatic carbocycles. The molecule has 0 N–H and O–H groups in total. The minimum Gasteiger partial charge on any atom is 0 e. The number of benzene rings is 3. The van der Waals surface area contributed by atoms with Crippen LogP contribution < -0.4 is 13.2 Å². The SMILES string of the molecule is CC(C)c1cc(C(C)C)[c]([Ge]=[Ge]([c]2c(C(C)C)cc(C(C)C)cc2C(C)C)[c]2c(C(C)C)cc(C(C)C)cc2C(C)C)c(C(C)C)c1.[Li]. The predicted molar refractivity (Wildman–Crippen MR) is 222 cm³/mol. The van der Waals surface area contributed by atoms with E-state index in [0.717, 1.165) is 0 Å². The van der Waals surface area contributed by atoms with E-state index >= 15 is 0 Å². The Morgan fingerprint density at radius 2 is 0.542 bits per heavy atom. The van der Waals surface area contributed by atoms with Gasteiger partial charge in [0.15, 0.2) is 0 Å². The number of rotatable bonds is 12. The number of hydrogen-bond acceptors (Lipinski definition) is 0. The summed E-state index contributed by atoms with van der Waals surface area (Å²) >= 11 is -2.64. The van der Waals surface area contributed by atoms with Gasteiger partial charge in [-0.15, -0.1) is 0 Å². The molecule has 0 aliphatic heterocycles. The third-order valence-corrected chi connectivity index (χ3v) is 27.8. The molecule has 0 unspecified atom stereocenters. The summed E-state index contributed by atoms with van der Waals surface area (Å²) in [4.78, 5) is 0. The fourth-order valence-corrected chi connectivity index (χ4v) is 31.0. The normalized spacial score (nSPS) is 12.2. The third kappa shape index (κ3) is 9.81. The quantitative estimate of drug-likeness (QED) is 0.161. The molecule has 0 aliphatic carbocycles. The zero-order chi connectivity index (χ0) is 35.7. The van der Waals surface area contributed by atoms with Gasteiger partial charge in [0.2, 0.25) is 0 Å². The Morgan fingerprint density at radius 3 is 0.729 bits per heavy atom. The minimum atomic E-state index is -2.14. The van der Waals surface area contributed by atoms with Crippen molar-refractivity contribution in [2.24, 2.45) is 0 Å². The van der Waals surface area contributed by atoms with Gasteiger partial charge in [-0.2, -0.15) is 0 Å². The molecular weight excluding hydrogens is 693 g/mol. The molecule has 0 atom stereocenters. The summed E-state index contributed by atoms with van der Waals surface area (Å²) in [5.74, 6) is 4.69. The van der Waals surface area contributed by atoms with Gasteiger partial charge in [-0.3, -0.25) is 0 Å². The van der Waals surface area contributed by atoms with E-state index in [2.05, 4.69) is 161 Å². The van der Waals surface area contributed by atoms with E-state index in [1.54, 1.807) is 37.8 Å². The van der Waals surface area contributed by atoms with E-state index in [0.29, 0.717) is 53.3 Å². The van der Waals surface area contributed by atoms with Crippen molar-refractivity contribution in [3.05, 3.63) is 86.5 Å². The van der Waals surface area contributed by atoms with Crippen molar-refractivity contribution >= 4 is 56.8 Å². The van der Waals surface area contributed by atoms with Crippen molar-refractivity contribution in [3.63, 3.8) is 0 Å². The summed E-state index contributed by atoms with van der Waals surface area (Å²) in [6.07, 6.45) is 0. The van der Waals surface area contributed by atoms with Gasteiger partial charge in [0.1, 0.15) is 0 Å². The molecule has 0 saturated heterocycles. The Hall–Kier alpha value is -0.657. The molecule has 3 aromatic rings. The molecule has 0 amide bonds. The molecular formula is C45H69Ge2Li. The van der Waals surface area contributed by atoms with Crippen LogP contribution in [0.25, 0.3) is 0 Å². The number of hydrogen-bond donors (Lipinski definition) is 0. The molecule has 3 rings (SSSR count). The second-order valence-electron chi connectivity index (χ2n) is 17.1. The van der Waals surface area contributed by atoms with Crippen molar-refractivity contribution in [3.8, 4) is 0 Å². The monoisotopic (exact) mass is 764 g/mol. The van der Waals surface area contributed by atoms with Crippen LogP contribution in [0.3, 0.4) is 0 Å². The fraction of sp³-hybridized carbons (Fsp3) is 0.600. The van der Waals surface area contributed by atoms with Gasteiger partial charge in [0.05, 0.1) is 0 Å². The fourth-order valence-electron chi connectivity index (χ4n) is 6.96. The standard InChI is InChI=1S/C45H69Ge2.Li/c1-25(2)34-19-37(28(7)8)43(38(20-34)29(9)10)46-47(44-39(30(11)12)21-35(26(3)4)22-40(44)31(13)14)45-41(32(15)16)23-36(27(5)6)24-42(45)33(17)18;/h19-33H,1-18H3;. The van der Waals surface area contributed by atoms with Crippen LogP contribution >= 0.6 is 0 Å². The maximum atomic E-state index is 2.65. The largest absolute Gasteiger partial charge is 0 e.